The second-order valence-electron chi connectivity index (χ2n) is 4.24. The van der Waals surface area contributed by atoms with E-state index in [-0.39, 0.29) is 12.5 Å². The molecule has 1 heterocycles. The van der Waals surface area contributed by atoms with E-state index in [9.17, 15) is 13.2 Å². The van der Waals surface area contributed by atoms with Gasteiger partial charge in [0.25, 0.3) is 0 Å². The van der Waals surface area contributed by atoms with Crippen molar-refractivity contribution in [1.29, 1.82) is 0 Å². The Morgan fingerprint density at radius 2 is 2.18 bits per heavy atom. The lowest BCUT2D eigenvalue weighted by Gasteiger charge is -2.14. The molecule has 0 bridgehead atoms. The summed E-state index contributed by atoms with van der Waals surface area (Å²) in [7, 11) is 0. The minimum atomic E-state index is -4.02. The number of nitrogens with one attached hydrogen (secondary N) is 1. The van der Waals surface area contributed by atoms with Crippen LogP contribution >= 0.6 is 11.3 Å². The van der Waals surface area contributed by atoms with Crippen LogP contribution in [-0.4, -0.2) is 18.8 Å². The Bertz CT molecular complexity index is 295. The van der Waals surface area contributed by atoms with Gasteiger partial charge in [0.05, 0.1) is 0 Å². The molecule has 0 radical (unpaired) electrons. The third kappa shape index (κ3) is 7.39. The number of rotatable bonds is 7. The SMILES string of the molecule is CC(CCCC(F)(F)F)NCCc1ccsc1. The van der Waals surface area contributed by atoms with Gasteiger partial charge >= 0.3 is 6.18 Å². The summed E-state index contributed by atoms with van der Waals surface area (Å²) in [5.41, 5.74) is 1.28. The highest BCUT2D eigenvalue weighted by Crippen LogP contribution is 2.22. The van der Waals surface area contributed by atoms with E-state index in [1.54, 1.807) is 11.3 Å². The van der Waals surface area contributed by atoms with E-state index in [0.29, 0.717) is 6.42 Å². The van der Waals surface area contributed by atoms with Crippen LogP contribution in [0.25, 0.3) is 0 Å². The van der Waals surface area contributed by atoms with Crippen molar-refractivity contribution in [2.24, 2.45) is 0 Å². The number of hydrogen-bond acceptors (Lipinski definition) is 2. The van der Waals surface area contributed by atoms with Crippen molar-refractivity contribution >= 4 is 11.3 Å². The third-order valence-corrected chi connectivity index (χ3v) is 3.32. The van der Waals surface area contributed by atoms with Gasteiger partial charge in [-0.2, -0.15) is 24.5 Å². The molecule has 1 aromatic heterocycles. The first-order valence-corrected chi connectivity index (χ1v) is 6.73. The number of hydrogen-bond donors (Lipinski definition) is 1. The standard InChI is InChI=1S/C12H18F3NS/c1-10(3-2-6-12(13,14)15)16-7-4-11-5-8-17-9-11/h5,8-10,16H,2-4,6-7H2,1H3. The largest absolute Gasteiger partial charge is 0.389 e. The molecule has 0 saturated heterocycles. The fraction of sp³-hybridized carbons (Fsp3) is 0.667. The van der Waals surface area contributed by atoms with Crippen LogP contribution in [0, 0.1) is 0 Å². The normalized spacial score (nSPS) is 13.9. The summed E-state index contributed by atoms with van der Waals surface area (Å²) in [6.45, 7) is 2.76. The van der Waals surface area contributed by atoms with Gasteiger partial charge in [-0.1, -0.05) is 0 Å². The van der Waals surface area contributed by atoms with Crippen molar-refractivity contribution in [2.45, 2.75) is 44.8 Å². The van der Waals surface area contributed by atoms with Gasteiger partial charge in [-0.25, -0.2) is 0 Å². The highest BCUT2D eigenvalue weighted by molar-refractivity contribution is 7.07. The summed E-state index contributed by atoms with van der Waals surface area (Å²) in [5.74, 6) is 0. The molecule has 0 amide bonds. The number of alkyl halides is 3. The maximum absolute atomic E-state index is 11.9. The Hall–Kier alpha value is -0.550. The van der Waals surface area contributed by atoms with E-state index in [1.165, 1.54) is 5.56 Å². The van der Waals surface area contributed by atoms with E-state index in [2.05, 4.69) is 16.8 Å². The lowest BCUT2D eigenvalue weighted by molar-refractivity contribution is -0.135. The zero-order valence-electron chi connectivity index (χ0n) is 9.89. The molecule has 0 saturated carbocycles. The van der Waals surface area contributed by atoms with Crippen molar-refractivity contribution in [2.75, 3.05) is 6.54 Å². The van der Waals surface area contributed by atoms with E-state index >= 15 is 0 Å². The molecule has 1 nitrogen and oxygen atoms in total. The molecule has 0 aliphatic carbocycles. The fourth-order valence-electron chi connectivity index (χ4n) is 1.61. The van der Waals surface area contributed by atoms with Gasteiger partial charge in [-0.15, -0.1) is 0 Å². The summed E-state index contributed by atoms with van der Waals surface area (Å²) in [5, 5.41) is 7.37. The van der Waals surface area contributed by atoms with E-state index in [1.807, 2.05) is 12.3 Å². The molecule has 0 aliphatic rings. The average Bonchev–Trinajstić information content (AvgIpc) is 2.68. The second kappa shape index (κ2) is 7.01. The van der Waals surface area contributed by atoms with Gasteiger partial charge in [0, 0.05) is 12.5 Å². The van der Waals surface area contributed by atoms with Crippen LogP contribution in [0.1, 0.15) is 31.7 Å². The first kappa shape index (κ1) is 14.5. The molecule has 0 fully saturated rings. The fourth-order valence-corrected chi connectivity index (χ4v) is 2.31. The Balaban J connectivity index is 2.03. The van der Waals surface area contributed by atoms with Gasteiger partial charge in [0.15, 0.2) is 0 Å². The maximum Gasteiger partial charge on any atom is 0.389 e. The van der Waals surface area contributed by atoms with Crippen LogP contribution in [0.3, 0.4) is 0 Å². The average molecular weight is 265 g/mol. The quantitative estimate of drug-likeness (QED) is 0.785. The highest BCUT2D eigenvalue weighted by atomic mass is 32.1. The molecule has 1 atom stereocenters. The Kier molecular flexibility index (Phi) is 5.98. The molecule has 1 unspecified atom stereocenters. The first-order chi connectivity index (χ1) is 7.97. The lowest BCUT2D eigenvalue weighted by atomic mass is 10.1. The predicted octanol–water partition coefficient (Wildman–Crippen LogP) is 4.00. The molecule has 0 aliphatic heterocycles. The zero-order chi connectivity index (χ0) is 12.7. The van der Waals surface area contributed by atoms with Crippen LogP contribution in [0.4, 0.5) is 13.2 Å². The molecule has 98 valence electrons. The topological polar surface area (TPSA) is 12.0 Å². The van der Waals surface area contributed by atoms with Crippen LogP contribution in [0.2, 0.25) is 0 Å². The third-order valence-electron chi connectivity index (χ3n) is 2.58. The Morgan fingerprint density at radius 3 is 2.76 bits per heavy atom. The van der Waals surface area contributed by atoms with Crippen LogP contribution in [-0.2, 0) is 6.42 Å². The van der Waals surface area contributed by atoms with Gasteiger partial charge < -0.3 is 5.32 Å². The van der Waals surface area contributed by atoms with Crippen molar-refractivity contribution in [3.8, 4) is 0 Å². The Labute approximate surface area is 104 Å². The lowest BCUT2D eigenvalue weighted by Crippen LogP contribution is -2.28. The minimum absolute atomic E-state index is 0.149. The van der Waals surface area contributed by atoms with E-state index in [4.69, 9.17) is 0 Å². The van der Waals surface area contributed by atoms with Crippen molar-refractivity contribution in [3.05, 3.63) is 22.4 Å². The van der Waals surface area contributed by atoms with Gasteiger partial charge in [0.1, 0.15) is 0 Å². The van der Waals surface area contributed by atoms with Gasteiger partial charge in [-0.3, -0.25) is 0 Å². The highest BCUT2D eigenvalue weighted by Gasteiger charge is 2.26. The van der Waals surface area contributed by atoms with Crippen LogP contribution in [0.15, 0.2) is 16.8 Å². The van der Waals surface area contributed by atoms with E-state index < -0.39 is 12.6 Å². The zero-order valence-corrected chi connectivity index (χ0v) is 10.7. The smallest absolute Gasteiger partial charge is 0.314 e. The summed E-state index contributed by atoms with van der Waals surface area (Å²) in [6, 6.07) is 2.22. The first-order valence-electron chi connectivity index (χ1n) is 5.78. The molecular weight excluding hydrogens is 247 g/mol. The summed E-state index contributed by atoms with van der Waals surface area (Å²) in [4.78, 5) is 0. The number of halogens is 3. The molecule has 0 spiro atoms. The Morgan fingerprint density at radius 1 is 1.41 bits per heavy atom. The van der Waals surface area contributed by atoms with Crippen molar-refractivity contribution < 1.29 is 13.2 Å². The predicted molar refractivity (Wildman–Crippen MR) is 65.4 cm³/mol. The summed E-state index contributed by atoms with van der Waals surface area (Å²) in [6.07, 6.45) is -2.98. The van der Waals surface area contributed by atoms with Crippen molar-refractivity contribution in [1.82, 2.24) is 5.32 Å². The minimum Gasteiger partial charge on any atom is -0.314 e. The van der Waals surface area contributed by atoms with Crippen LogP contribution < -0.4 is 5.32 Å². The number of thiophene rings is 1. The monoisotopic (exact) mass is 265 g/mol. The maximum atomic E-state index is 11.9. The van der Waals surface area contributed by atoms with E-state index in [0.717, 1.165) is 13.0 Å². The molecule has 0 aromatic carbocycles. The second-order valence-corrected chi connectivity index (χ2v) is 5.02. The molecular formula is C12H18F3NS. The summed E-state index contributed by atoms with van der Waals surface area (Å²) >= 11 is 1.66. The molecule has 17 heavy (non-hydrogen) atoms. The molecule has 1 rings (SSSR count). The van der Waals surface area contributed by atoms with Gasteiger partial charge in [0.2, 0.25) is 0 Å². The molecule has 1 aromatic rings. The van der Waals surface area contributed by atoms with Gasteiger partial charge in [-0.05, 0) is 55.1 Å². The molecule has 1 N–H and O–H groups in total. The summed E-state index contributed by atoms with van der Waals surface area (Å²) < 4.78 is 35.8. The van der Waals surface area contributed by atoms with Crippen LogP contribution in [0.5, 0.6) is 0 Å². The van der Waals surface area contributed by atoms with Crippen molar-refractivity contribution in [3.63, 3.8) is 0 Å². The molecule has 5 heteroatoms.